The van der Waals surface area contributed by atoms with Gasteiger partial charge in [-0.25, -0.2) is 4.79 Å². The van der Waals surface area contributed by atoms with Crippen LogP contribution in [0.5, 0.6) is 0 Å². The first kappa shape index (κ1) is 15.3. The van der Waals surface area contributed by atoms with Gasteiger partial charge in [0, 0.05) is 0 Å². The van der Waals surface area contributed by atoms with Gasteiger partial charge < -0.3 is 9.47 Å². The fourth-order valence-electron chi connectivity index (χ4n) is 1.23. The standard InChI is InChI=1S/C12H18O5/c1-4-7-8-9(11(14)16-5-2)10(13)12(15)17-6-3/h4,9H,1,5-8H2,2-3H3. The Kier molecular flexibility index (Phi) is 7.67. The van der Waals surface area contributed by atoms with Gasteiger partial charge in [-0.1, -0.05) is 6.08 Å². The van der Waals surface area contributed by atoms with Crippen LogP contribution in [0.4, 0.5) is 0 Å². The molecule has 0 aromatic carbocycles. The van der Waals surface area contributed by atoms with E-state index in [4.69, 9.17) is 4.74 Å². The average molecular weight is 242 g/mol. The van der Waals surface area contributed by atoms with E-state index in [0.717, 1.165) is 0 Å². The van der Waals surface area contributed by atoms with Crippen molar-refractivity contribution in [3.05, 3.63) is 12.7 Å². The zero-order valence-corrected chi connectivity index (χ0v) is 10.2. The van der Waals surface area contributed by atoms with Crippen LogP contribution in [0.2, 0.25) is 0 Å². The van der Waals surface area contributed by atoms with E-state index in [1.165, 1.54) is 0 Å². The summed E-state index contributed by atoms with van der Waals surface area (Å²) in [5, 5.41) is 0. The zero-order chi connectivity index (χ0) is 13.3. The highest BCUT2D eigenvalue weighted by atomic mass is 16.5. The van der Waals surface area contributed by atoms with Gasteiger partial charge >= 0.3 is 11.9 Å². The van der Waals surface area contributed by atoms with E-state index >= 15 is 0 Å². The van der Waals surface area contributed by atoms with Gasteiger partial charge in [-0.15, -0.1) is 6.58 Å². The summed E-state index contributed by atoms with van der Waals surface area (Å²) >= 11 is 0. The summed E-state index contributed by atoms with van der Waals surface area (Å²) in [6, 6.07) is 0. The van der Waals surface area contributed by atoms with Crippen LogP contribution in [0.3, 0.4) is 0 Å². The summed E-state index contributed by atoms with van der Waals surface area (Å²) in [7, 11) is 0. The molecule has 0 bridgehead atoms. The van der Waals surface area contributed by atoms with Crippen molar-refractivity contribution in [3.63, 3.8) is 0 Å². The third-order valence-electron chi connectivity index (χ3n) is 2.02. The maximum Gasteiger partial charge on any atom is 0.375 e. The Hall–Kier alpha value is -1.65. The second kappa shape index (κ2) is 8.50. The minimum atomic E-state index is -1.09. The van der Waals surface area contributed by atoms with Gasteiger partial charge in [-0.3, -0.25) is 9.59 Å². The van der Waals surface area contributed by atoms with Crippen LogP contribution < -0.4 is 0 Å². The lowest BCUT2D eigenvalue weighted by atomic mass is 9.98. The van der Waals surface area contributed by atoms with E-state index in [1.807, 2.05) is 0 Å². The second-order valence-electron chi connectivity index (χ2n) is 3.26. The van der Waals surface area contributed by atoms with E-state index < -0.39 is 23.6 Å². The Bertz CT molecular complexity index is 295. The van der Waals surface area contributed by atoms with E-state index in [0.29, 0.717) is 6.42 Å². The molecule has 0 N–H and O–H groups in total. The minimum Gasteiger partial charge on any atom is -0.465 e. The molecule has 0 spiro atoms. The van der Waals surface area contributed by atoms with Crippen LogP contribution in [0.25, 0.3) is 0 Å². The summed E-state index contributed by atoms with van der Waals surface area (Å²) in [5.41, 5.74) is 0. The maximum atomic E-state index is 11.6. The fraction of sp³-hybridized carbons (Fsp3) is 0.583. The monoisotopic (exact) mass is 242 g/mol. The number of allylic oxidation sites excluding steroid dienone is 1. The molecule has 1 unspecified atom stereocenters. The molecule has 1 atom stereocenters. The number of ketones is 1. The van der Waals surface area contributed by atoms with Gasteiger partial charge in [-0.2, -0.15) is 0 Å². The Balaban J connectivity index is 4.65. The Labute approximate surface area is 101 Å². The molecular formula is C12H18O5. The lowest BCUT2D eigenvalue weighted by Crippen LogP contribution is -2.32. The number of hydrogen-bond acceptors (Lipinski definition) is 5. The Morgan fingerprint density at radius 2 is 1.76 bits per heavy atom. The van der Waals surface area contributed by atoms with Crippen molar-refractivity contribution in [1.29, 1.82) is 0 Å². The van der Waals surface area contributed by atoms with Crippen molar-refractivity contribution < 1.29 is 23.9 Å². The summed E-state index contributed by atoms with van der Waals surface area (Å²) in [6.45, 7) is 6.99. The predicted molar refractivity (Wildman–Crippen MR) is 61.2 cm³/mol. The van der Waals surface area contributed by atoms with Gasteiger partial charge in [0.1, 0.15) is 5.92 Å². The number of hydrogen-bond donors (Lipinski definition) is 0. The van der Waals surface area contributed by atoms with Gasteiger partial charge in [0.05, 0.1) is 13.2 Å². The molecule has 0 aliphatic heterocycles. The normalized spacial score (nSPS) is 11.4. The molecule has 5 nitrogen and oxygen atoms in total. The number of carbonyl (C=O) groups excluding carboxylic acids is 3. The smallest absolute Gasteiger partial charge is 0.375 e. The molecule has 0 saturated carbocycles. The second-order valence-corrected chi connectivity index (χ2v) is 3.26. The van der Waals surface area contributed by atoms with Crippen molar-refractivity contribution in [1.82, 2.24) is 0 Å². The van der Waals surface area contributed by atoms with Gasteiger partial charge in [0.2, 0.25) is 0 Å². The van der Waals surface area contributed by atoms with Crippen molar-refractivity contribution >= 4 is 17.7 Å². The molecule has 0 aliphatic rings. The SMILES string of the molecule is C=CCCC(C(=O)OCC)C(=O)C(=O)OCC. The number of Topliss-reactive ketones (excluding diaryl/α,β-unsaturated/α-hetero) is 1. The van der Waals surface area contributed by atoms with Crippen LogP contribution >= 0.6 is 0 Å². The fourth-order valence-corrected chi connectivity index (χ4v) is 1.23. The number of esters is 2. The highest BCUT2D eigenvalue weighted by Crippen LogP contribution is 2.12. The molecule has 0 aliphatic carbocycles. The largest absolute Gasteiger partial charge is 0.465 e. The molecule has 0 heterocycles. The Morgan fingerprint density at radius 1 is 1.18 bits per heavy atom. The summed E-state index contributed by atoms with van der Waals surface area (Å²) in [6.07, 6.45) is 2.24. The summed E-state index contributed by atoms with van der Waals surface area (Å²) in [4.78, 5) is 34.4. The van der Waals surface area contributed by atoms with Gasteiger partial charge in [0.15, 0.2) is 0 Å². The highest BCUT2D eigenvalue weighted by molar-refractivity contribution is 6.37. The predicted octanol–water partition coefficient (Wildman–Crippen LogP) is 1.26. The van der Waals surface area contributed by atoms with E-state index in [1.54, 1.807) is 19.9 Å². The average Bonchev–Trinajstić information content (AvgIpc) is 2.30. The molecule has 0 rings (SSSR count). The quantitative estimate of drug-likeness (QED) is 0.277. The van der Waals surface area contributed by atoms with Crippen LogP contribution in [-0.2, 0) is 23.9 Å². The first-order valence-corrected chi connectivity index (χ1v) is 5.56. The molecule has 17 heavy (non-hydrogen) atoms. The first-order valence-electron chi connectivity index (χ1n) is 5.56. The topological polar surface area (TPSA) is 69.7 Å². The van der Waals surface area contributed by atoms with Gasteiger partial charge in [0.25, 0.3) is 5.78 Å². The van der Waals surface area contributed by atoms with Crippen molar-refractivity contribution in [2.24, 2.45) is 5.92 Å². The van der Waals surface area contributed by atoms with E-state index in [-0.39, 0.29) is 19.6 Å². The molecule has 0 radical (unpaired) electrons. The molecule has 5 heteroatoms. The maximum absolute atomic E-state index is 11.6. The van der Waals surface area contributed by atoms with Crippen LogP contribution in [-0.4, -0.2) is 30.9 Å². The third kappa shape index (κ3) is 5.29. The highest BCUT2D eigenvalue weighted by Gasteiger charge is 2.33. The van der Waals surface area contributed by atoms with Crippen LogP contribution in [0.1, 0.15) is 26.7 Å². The summed E-state index contributed by atoms with van der Waals surface area (Å²) < 4.78 is 9.32. The molecule has 0 fully saturated rings. The molecule has 0 amide bonds. The Morgan fingerprint density at radius 3 is 2.24 bits per heavy atom. The number of ether oxygens (including phenoxy) is 2. The summed E-state index contributed by atoms with van der Waals surface area (Å²) in [5.74, 6) is -3.62. The third-order valence-corrected chi connectivity index (χ3v) is 2.02. The first-order chi connectivity index (χ1) is 8.08. The minimum absolute atomic E-state index is 0.0988. The van der Waals surface area contributed by atoms with Crippen LogP contribution in [0, 0.1) is 5.92 Å². The van der Waals surface area contributed by atoms with Crippen molar-refractivity contribution in [2.75, 3.05) is 13.2 Å². The molecule has 0 saturated heterocycles. The molecule has 0 aromatic rings. The van der Waals surface area contributed by atoms with Crippen LogP contribution in [0.15, 0.2) is 12.7 Å². The van der Waals surface area contributed by atoms with Crippen molar-refractivity contribution in [2.45, 2.75) is 26.7 Å². The number of carbonyl (C=O) groups is 3. The molecule has 96 valence electrons. The van der Waals surface area contributed by atoms with E-state index in [2.05, 4.69) is 11.3 Å². The number of rotatable bonds is 8. The van der Waals surface area contributed by atoms with Crippen molar-refractivity contribution in [3.8, 4) is 0 Å². The lowest BCUT2D eigenvalue weighted by molar-refractivity contribution is -0.162. The van der Waals surface area contributed by atoms with Gasteiger partial charge in [-0.05, 0) is 26.7 Å². The molecular weight excluding hydrogens is 224 g/mol. The zero-order valence-electron chi connectivity index (χ0n) is 10.2. The molecule has 0 aromatic heterocycles. The lowest BCUT2D eigenvalue weighted by Gasteiger charge is -2.12. The van der Waals surface area contributed by atoms with E-state index in [9.17, 15) is 14.4 Å².